The highest BCUT2D eigenvalue weighted by molar-refractivity contribution is 5.85. The molecule has 54 heavy (non-hydrogen) atoms. The van der Waals surface area contributed by atoms with E-state index in [2.05, 4.69) is 5.32 Å². The van der Waals surface area contributed by atoms with E-state index < -0.39 is 93.7 Å². The molecule has 0 saturated carbocycles. The summed E-state index contributed by atoms with van der Waals surface area (Å²) in [5, 5.41) is 2.45. The van der Waals surface area contributed by atoms with Crippen LogP contribution in [0.5, 0.6) is 0 Å². The van der Waals surface area contributed by atoms with E-state index in [4.69, 9.17) is 33.2 Å². The van der Waals surface area contributed by atoms with E-state index in [1.54, 1.807) is 76.2 Å². The third-order valence-electron chi connectivity index (χ3n) is 9.04. The van der Waals surface area contributed by atoms with E-state index in [1.165, 1.54) is 42.3 Å². The van der Waals surface area contributed by atoms with Crippen LogP contribution in [-0.4, -0.2) is 100.0 Å². The number of methoxy groups -OCH3 is 4. The molecule has 0 aromatic carbocycles. The molecule has 0 aliphatic heterocycles. The third-order valence-corrected chi connectivity index (χ3v) is 9.04. The van der Waals surface area contributed by atoms with E-state index in [1.807, 2.05) is 0 Å². The van der Waals surface area contributed by atoms with Crippen molar-refractivity contribution in [3.8, 4) is 0 Å². The van der Waals surface area contributed by atoms with Crippen molar-refractivity contribution in [2.24, 2.45) is 27.1 Å². The lowest BCUT2D eigenvalue weighted by molar-refractivity contribution is -0.171. The van der Waals surface area contributed by atoms with E-state index >= 15 is 0 Å². The SMILES string of the molecule is CCC(C)(CC(C)(CC(C)(CC(C)(CC(C)(C)C(=O)OC)C(=O)OC)C(=O)OC)C(=O)OC)C(=O)OCN(CNC(=O)OC(C)(C)C)C(=O)OC(C)(C)C. The summed E-state index contributed by atoms with van der Waals surface area (Å²) in [5.74, 6) is -3.59. The number of carbonyl (C=O) groups is 7. The molecule has 0 saturated heterocycles. The van der Waals surface area contributed by atoms with Crippen LogP contribution in [0.15, 0.2) is 0 Å². The Bertz CT molecular complexity index is 1370. The minimum atomic E-state index is -1.58. The molecule has 16 nitrogen and oxygen atoms in total. The zero-order valence-electron chi connectivity index (χ0n) is 35.6. The molecule has 0 aliphatic carbocycles. The van der Waals surface area contributed by atoms with Crippen LogP contribution in [0.2, 0.25) is 0 Å². The van der Waals surface area contributed by atoms with E-state index in [0.29, 0.717) is 0 Å². The summed E-state index contributed by atoms with van der Waals surface area (Å²) >= 11 is 0. The molecule has 0 heterocycles. The second kappa shape index (κ2) is 19.0. The zero-order chi connectivity index (χ0) is 42.7. The molecule has 0 aromatic heterocycles. The molecule has 0 spiro atoms. The van der Waals surface area contributed by atoms with Gasteiger partial charge >= 0.3 is 42.0 Å². The van der Waals surface area contributed by atoms with Crippen molar-refractivity contribution in [3.05, 3.63) is 0 Å². The van der Waals surface area contributed by atoms with Crippen molar-refractivity contribution < 1.29 is 66.7 Å². The molecule has 0 rings (SSSR count). The molecule has 0 bridgehead atoms. The van der Waals surface area contributed by atoms with Crippen LogP contribution in [0.4, 0.5) is 9.59 Å². The maximum atomic E-state index is 13.9. The fraction of sp³-hybridized carbons (Fsp3) is 0.816. The van der Waals surface area contributed by atoms with Gasteiger partial charge in [0.2, 0.25) is 0 Å². The second-order valence-electron chi connectivity index (χ2n) is 17.6. The standard InChI is InChI=1S/C38H66N2O14/c1-18-35(10,29(45)52-24-40(31(47)54-33(5,6)7)23-39-30(46)53-32(2,3)4)20-37(12,27(43)50-16)22-38(13,28(44)51-17)21-36(11,26(42)49-15)19-34(8,9)25(41)48-14/h18-24H2,1-17H3,(H,39,46). The Balaban J connectivity index is 6.80. The van der Waals surface area contributed by atoms with Gasteiger partial charge in [-0.3, -0.25) is 28.9 Å². The van der Waals surface area contributed by atoms with Gasteiger partial charge in [0, 0.05) is 0 Å². The summed E-state index contributed by atoms with van der Waals surface area (Å²) in [4.78, 5) is 93.7. The smallest absolute Gasteiger partial charge is 0.414 e. The molecule has 0 aliphatic rings. The molecule has 0 radical (unpaired) electrons. The lowest BCUT2D eigenvalue weighted by Gasteiger charge is -2.44. The highest BCUT2D eigenvalue weighted by atomic mass is 16.6. The van der Waals surface area contributed by atoms with Gasteiger partial charge in [0.15, 0.2) is 6.73 Å². The number of ether oxygens (including phenoxy) is 7. The number of hydrogen-bond donors (Lipinski definition) is 1. The number of nitrogens with zero attached hydrogens (tertiary/aromatic N) is 1. The summed E-state index contributed by atoms with van der Waals surface area (Å²) in [7, 11) is 4.76. The van der Waals surface area contributed by atoms with Gasteiger partial charge in [0.1, 0.15) is 17.9 Å². The Labute approximate surface area is 320 Å². The van der Waals surface area contributed by atoms with Crippen molar-refractivity contribution in [1.82, 2.24) is 10.2 Å². The van der Waals surface area contributed by atoms with Crippen LogP contribution in [0.1, 0.15) is 122 Å². The predicted molar refractivity (Wildman–Crippen MR) is 196 cm³/mol. The van der Waals surface area contributed by atoms with Gasteiger partial charge < -0.3 is 38.5 Å². The summed E-state index contributed by atoms with van der Waals surface area (Å²) < 4.78 is 36.9. The van der Waals surface area contributed by atoms with Crippen LogP contribution in [-0.2, 0) is 57.1 Å². The number of alkyl carbamates (subject to hydrolysis) is 1. The Hall–Kier alpha value is -4.11. The van der Waals surface area contributed by atoms with Gasteiger partial charge in [-0.15, -0.1) is 0 Å². The number of carbonyl (C=O) groups excluding carboxylic acids is 7. The monoisotopic (exact) mass is 774 g/mol. The minimum absolute atomic E-state index is 0.0865. The van der Waals surface area contributed by atoms with Gasteiger partial charge in [-0.25, -0.2) is 9.59 Å². The third kappa shape index (κ3) is 14.6. The van der Waals surface area contributed by atoms with Crippen LogP contribution >= 0.6 is 0 Å². The topological polar surface area (TPSA) is 199 Å². The van der Waals surface area contributed by atoms with Crippen molar-refractivity contribution in [1.29, 1.82) is 0 Å². The van der Waals surface area contributed by atoms with Crippen LogP contribution in [0.25, 0.3) is 0 Å². The second-order valence-corrected chi connectivity index (χ2v) is 17.6. The maximum Gasteiger partial charge on any atom is 0.414 e. The van der Waals surface area contributed by atoms with Crippen LogP contribution in [0, 0.1) is 27.1 Å². The molecular formula is C38H66N2O14. The van der Waals surface area contributed by atoms with Crippen molar-refractivity contribution in [2.45, 2.75) is 133 Å². The highest BCUT2D eigenvalue weighted by Crippen LogP contribution is 2.51. The summed E-state index contributed by atoms with van der Waals surface area (Å²) in [6.45, 7) is 20.0. The van der Waals surface area contributed by atoms with Crippen molar-refractivity contribution in [3.63, 3.8) is 0 Å². The van der Waals surface area contributed by atoms with Gasteiger partial charge in [-0.05, 0) is 115 Å². The Morgan fingerprint density at radius 2 is 0.870 bits per heavy atom. The summed E-state index contributed by atoms with van der Waals surface area (Å²) in [6, 6.07) is 0. The van der Waals surface area contributed by atoms with Crippen LogP contribution < -0.4 is 5.32 Å². The average Bonchev–Trinajstić information content (AvgIpc) is 3.03. The van der Waals surface area contributed by atoms with Gasteiger partial charge in [0.25, 0.3) is 0 Å². The fourth-order valence-corrected chi connectivity index (χ4v) is 6.88. The first-order valence-electron chi connectivity index (χ1n) is 17.8. The minimum Gasteiger partial charge on any atom is -0.469 e. The number of rotatable bonds is 18. The lowest BCUT2D eigenvalue weighted by Crippen LogP contribution is -2.49. The number of nitrogens with one attached hydrogen (secondary N) is 1. The van der Waals surface area contributed by atoms with E-state index in [-0.39, 0.29) is 32.1 Å². The predicted octanol–water partition coefficient (Wildman–Crippen LogP) is 5.92. The number of esters is 5. The Kier molecular flexibility index (Phi) is 17.5. The lowest BCUT2D eigenvalue weighted by atomic mass is 9.59. The first-order chi connectivity index (χ1) is 24.3. The van der Waals surface area contributed by atoms with Gasteiger partial charge in [-0.1, -0.05) is 6.92 Å². The first kappa shape index (κ1) is 49.9. The van der Waals surface area contributed by atoms with Crippen molar-refractivity contribution in [2.75, 3.05) is 41.8 Å². The number of hydrogen-bond acceptors (Lipinski definition) is 14. The molecule has 312 valence electrons. The average molecular weight is 775 g/mol. The molecule has 2 amide bonds. The van der Waals surface area contributed by atoms with E-state index in [9.17, 15) is 33.6 Å². The first-order valence-corrected chi connectivity index (χ1v) is 17.8. The van der Waals surface area contributed by atoms with E-state index in [0.717, 1.165) is 4.90 Å². The highest BCUT2D eigenvalue weighted by Gasteiger charge is 2.55. The maximum absolute atomic E-state index is 13.9. The Morgan fingerprint density at radius 1 is 0.500 bits per heavy atom. The molecule has 1 N–H and O–H groups in total. The summed E-state index contributed by atoms with van der Waals surface area (Å²) in [6.07, 6.45) is -2.35. The fourth-order valence-electron chi connectivity index (χ4n) is 6.88. The Morgan fingerprint density at radius 3 is 1.22 bits per heavy atom. The van der Waals surface area contributed by atoms with Gasteiger partial charge in [0.05, 0.1) is 55.5 Å². The summed E-state index contributed by atoms with van der Waals surface area (Å²) in [5.41, 5.74) is -8.93. The van der Waals surface area contributed by atoms with Crippen LogP contribution in [0.3, 0.4) is 0 Å². The van der Waals surface area contributed by atoms with Crippen molar-refractivity contribution >= 4 is 42.0 Å². The molecule has 16 heteroatoms. The van der Waals surface area contributed by atoms with Gasteiger partial charge in [-0.2, -0.15) is 0 Å². The zero-order valence-corrected chi connectivity index (χ0v) is 35.6. The molecule has 0 fully saturated rings. The quantitative estimate of drug-likeness (QED) is 0.0977. The number of amides is 2. The normalized spacial score (nSPS) is 16.4. The molecule has 4 atom stereocenters. The molecule has 4 unspecified atom stereocenters. The largest absolute Gasteiger partial charge is 0.469 e. The molecular weight excluding hydrogens is 708 g/mol. The molecule has 0 aromatic rings.